The molecule has 0 bridgehead atoms. The van der Waals surface area contributed by atoms with Gasteiger partial charge in [0, 0.05) is 31.7 Å². The lowest BCUT2D eigenvalue weighted by Gasteiger charge is -2.44. The second kappa shape index (κ2) is 6.20. The average molecular weight is 278 g/mol. The third kappa shape index (κ3) is 3.19. The third-order valence-electron chi connectivity index (χ3n) is 4.61. The molecule has 2 fully saturated rings. The maximum atomic E-state index is 12.9. The highest BCUT2D eigenvalue weighted by Gasteiger charge is 2.32. The summed E-state index contributed by atoms with van der Waals surface area (Å²) in [7, 11) is 2.17. The lowest BCUT2D eigenvalue weighted by atomic mass is 9.95. The highest BCUT2D eigenvalue weighted by molar-refractivity contribution is 5.16. The molecule has 110 valence electrons. The van der Waals surface area contributed by atoms with Gasteiger partial charge in [-0.15, -0.1) is 0 Å². The van der Waals surface area contributed by atoms with Crippen molar-refractivity contribution in [1.29, 1.82) is 0 Å². The van der Waals surface area contributed by atoms with Gasteiger partial charge in [-0.1, -0.05) is 12.1 Å². The van der Waals surface area contributed by atoms with Crippen molar-refractivity contribution in [3.8, 4) is 0 Å². The second-order valence-corrected chi connectivity index (χ2v) is 5.98. The van der Waals surface area contributed by atoms with Crippen LogP contribution in [0.5, 0.6) is 0 Å². The van der Waals surface area contributed by atoms with Gasteiger partial charge < -0.3 is 4.74 Å². The van der Waals surface area contributed by atoms with Gasteiger partial charge in [-0.25, -0.2) is 4.39 Å². The lowest BCUT2D eigenvalue weighted by molar-refractivity contribution is -0.0417. The Balaban J connectivity index is 1.57. The summed E-state index contributed by atoms with van der Waals surface area (Å²) in [6.07, 6.45) is 2.39. The number of hydrogen-bond donors (Lipinski definition) is 0. The maximum Gasteiger partial charge on any atom is 0.123 e. The van der Waals surface area contributed by atoms with Gasteiger partial charge in [0.2, 0.25) is 0 Å². The summed E-state index contributed by atoms with van der Waals surface area (Å²) in [5.41, 5.74) is 1.18. The molecular weight excluding hydrogens is 255 g/mol. The number of nitrogens with zero attached hydrogens (tertiary/aromatic N) is 2. The van der Waals surface area contributed by atoms with Crippen LogP contribution in [0.2, 0.25) is 0 Å². The first-order valence-corrected chi connectivity index (χ1v) is 7.49. The van der Waals surface area contributed by atoms with Gasteiger partial charge in [0.1, 0.15) is 5.82 Å². The van der Waals surface area contributed by atoms with E-state index in [0.717, 1.165) is 26.3 Å². The molecule has 0 saturated carbocycles. The van der Waals surface area contributed by atoms with E-state index < -0.39 is 0 Å². The highest BCUT2D eigenvalue weighted by atomic mass is 19.1. The minimum Gasteiger partial charge on any atom is -0.378 e. The van der Waals surface area contributed by atoms with Crippen LogP contribution >= 0.6 is 0 Å². The van der Waals surface area contributed by atoms with Gasteiger partial charge in [-0.2, -0.15) is 0 Å². The fourth-order valence-corrected chi connectivity index (χ4v) is 3.35. The average Bonchev–Trinajstić information content (AvgIpc) is 2.49. The minimum atomic E-state index is -0.163. The van der Waals surface area contributed by atoms with Crippen molar-refractivity contribution in [2.24, 2.45) is 0 Å². The molecule has 0 N–H and O–H groups in total. The molecule has 4 heteroatoms. The molecule has 2 aliphatic heterocycles. The number of fused-ring (bicyclic) bond motifs is 1. The Bertz CT molecular complexity index is 437. The molecule has 2 saturated heterocycles. The Morgan fingerprint density at radius 2 is 2.10 bits per heavy atom. The summed E-state index contributed by atoms with van der Waals surface area (Å²) in [4.78, 5) is 4.96. The van der Waals surface area contributed by atoms with Crippen molar-refractivity contribution < 1.29 is 9.13 Å². The zero-order valence-corrected chi connectivity index (χ0v) is 12.1. The molecule has 1 aromatic carbocycles. The smallest absolute Gasteiger partial charge is 0.123 e. The van der Waals surface area contributed by atoms with Crippen molar-refractivity contribution >= 4 is 0 Å². The fraction of sp³-hybridized carbons (Fsp3) is 0.625. The van der Waals surface area contributed by atoms with Gasteiger partial charge in [0.25, 0.3) is 0 Å². The van der Waals surface area contributed by atoms with Crippen LogP contribution in [-0.2, 0) is 11.3 Å². The van der Waals surface area contributed by atoms with E-state index in [1.807, 2.05) is 12.1 Å². The molecule has 3 rings (SSSR count). The van der Waals surface area contributed by atoms with E-state index in [1.54, 1.807) is 12.1 Å². The molecule has 2 heterocycles. The van der Waals surface area contributed by atoms with Gasteiger partial charge >= 0.3 is 0 Å². The topological polar surface area (TPSA) is 15.7 Å². The number of piperidine rings is 1. The largest absolute Gasteiger partial charge is 0.378 e. The minimum absolute atomic E-state index is 0.163. The van der Waals surface area contributed by atoms with Crippen molar-refractivity contribution in [3.63, 3.8) is 0 Å². The number of morpholine rings is 1. The van der Waals surface area contributed by atoms with E-state index in [1.165, 1.54) is 24.9 Å². The van der Waals surface area contributed by atoms with Gasteiger partial charge in [-0.05, 0) is 37.6 Å². The summed E-state index contributed by atoms with van der Waals surface area (Å²) in [5.74, 6) is -0.163. The third-order valence-corrected chi connectivity index (χ3v) is 4.61. The molecule has 1 aromatic rings. The number of rotatable bonds is 3. The van der Waals surface area contributed by atoms with Crippen molar-refractivity contribution in [2.45, 2.75) is 31.5 Å². The number of hydrogen-bond acceptors (Lipinski definition) is 3. The first-order valence-electron chi connectivity index (χ1n) is 7.49. The van der Waals surface area contributed by atoms with E-state index in [2.05, 4.69) is 16.8 Å². The Kier molecular flexibility index (Phi) is 4.34. The molecule has 0 spiro atoms. The van der Waals surface area contributed by atoms with Crippen LogP contribution < -0.4 is 0 Å². The van der Waals surface area contributed by atoms with Crippen LogP contribution in [-0.4, -0.2) is 55.2 Å². The molecule has 0 aliphatic carbocycles. The molecule has 3 nitrogen and oxygen atoms in total. The summed E-state index contributed by atoms with van der Waals surface area (Å²) >= 11 is 0. The Hall–Kier alpha value is -0.970. The van der Waals surface area contributed by atoms with E-state index in [0.29, 0.717) is 12.1 Å². The van der Waals surface area contributed by atoms with Crippen molar-refractivity contribution in [2.75, 3.05) is 33.4 Å². The van der Waals surface area contributed by atoms with Gasteiger partial charge in [0.15, 0.2) is 0 Å². The standard InChI is InChI=1S/C16H23FN2O/c1-18(11-13-2-4-14(17)5-3-13)15-6-7-19-8-9-20-12-16(19)10-15/h2-5,15-16H,6-12H2,1H3. The predicted molar refractivity (Wildman–Crippen MR) is 77.1 cm³/mol. The molecule has 0 aromatic heterocycles. The highest BCUT2D eigenvalue weighted by Crippen LogP contribution is 2.24. The number of ether oxygens (including phenoxy) is 1. The summed E-state index contributed by atoms with van der Waals surface area (Å²) in [6, 6.07) is 8.03. The van der Waals surface area contributed by atoms with Gasteiger partial charge in [0.05, 0.1) is 13.2 Å². The normalized spacial score (nSPS) is 27.6. The number of halogens is 1. The van der Waals surface area contributed by atoms with E-state index in [9.17, 15) is 4.39 Å². The number of benzene rings is 1. The first-order chi connectivity index (χ1) is 9.72. The lowest BCUT2D eigenvalue weighted by Crippen LogP contribution is -2.54. The molecule has 2 unspecified atom stereocenters. The quantitative estimate of drug-likeness (QED) is 0.842. The van der Waals surface area contributed by atoms with Crippen molar-refractivity contribution in [1.82, 2.24) is 9.80 Å². The second-order valence-electron chi connectivity index (χ2n) is 5.98. The molecule has 0 amide bonds. The molecule has 20 heavy (non-hydrogen) atoms. The van der Waals surface area contributed by atoms with Crippen LogP contribution in [0, 0.1) is 5.82 Å². The van der Waals surface area contributed by atoms with E-state index >= 15 is 0 Å². The Labute approximate surface area is 120 Å². The summed E-state index contributed by atoms with van der Waals surface area (Å²) < 4.78 is 18.5. The maximum absolute atomic E-state index is 12.9. The Morgan fingerprint density at radius 1 is 1.30 bits per heavy atom. The fourth-order valence-electron chi connectivity index (χ4n) is 3.35. The van der Waals surface area contributed by atoms with E-state index in [4.69, 9.17) is 4.74 Å². The predicted octanol–water partition coefficient (Wildman–Crippen LogP) is 2.12. The van der Waals surface area contributed by atoms with Crippen LogP contribution in [0.15, 0.2) is 24.3 Å². The van der Waals surface area contributed by atoms with E-state index in [-0.39, 0.29) is 5.82 Å². The zero-order chi connectivity index (χ0) is 13.9. The van der Waals surface area contributed by atoms with Crippen LogP contribution in [0.3, 0.4) is 0 Å². The molecule has 2 aliphatic rings. The molecule has 0 radical (unpaired) electrons. The van der Waals surface area contributed by atoms with Gasteiger partial charge in [-0.3, -0.25) is 9.80 Å². The zero-order valence-electron chi connectivity index (χ0n) is 12.1. The monoisotopic (exact) mass is 278 g/mol. The first kappa shape index (κ1) is 14.0. The molecular formula is C16H23FN2O. The van der Waals surface area contributed by atoms with Crippen LogP contribution in [0.1, 0.15) is 18.4 Å². The molecule has 2 atom stereocenters. The summed E-state index contributed by atoms with van der Waals surface area (Å²) in [6.45, 7) is 4.90. The van der Waals surface area contributed by atoms with Crippen molar-refractivity contribution in [3.05, 3.63) is 35.6 Å². The summed E-state index contributed by atoms with van der Waals surface area (Å²) in [5, 5.41) is 0. The Morgan fingerprint density at radius 3 is 2.90 bits per heavy atom. The van der Waals surface area contributed by atoms with Crippen LogP contribution in [0.25, 0.3) is 0 Å². The SMILES string of the molecule is CN(Cc1ccc(F)cc1)C1CCN2CCOCC2C1. The van der Waals surface area contributed by atoms with Crippen LogP contribution in [0.4, 0.5) is 4.39 Å².